The van der Waals surface area contributed by atoms with E-state index in [4.69, 9.17) is 16.3 Å². The highest BCUT2D eigenvalue weighted by molar-refractivity contribution is 9.10. The molecular weight excluding hydrogens is 472 g/mol. The molecule has 0 bridgehead atoms. The summed E-state index contributed by atoms with van der Waals surface area (Å²) in [6.45, 7) is 3.07. The molecule has 3 aromatic rings. The fourth-order valence-corrected chi connectivity index (χ4v) is 4.01. The Hall–Kier alpha value is -2.23. The molecule has 10 heteroatoms. The van der Waals surface area contributed by atoms with Crippen molar-refractivity contribution < 1.29 is 23.0 Å². The summed E-state index contributed by atoms with van der Waals surface area (Å²) in [4.78, 5) is 17.3. The van der Waals surface area contributed by atoms with Gasteiger partial charge in [-0.05, 0) is 59.3 Å². The van der Waals surface area contributed by atoms with Crippen LogP contribution in [0.4, 0.5) is 14.5 Å². The van der Waals surface area contributed by atoms with Gasteiger partial charge >= 0.3 is 5.57 Å². The number of halogens is 4. The molecule has 0 radical (unpaired) electrons. The number of hydrogen-bond acceptors (Lipinski definition) is 4. The molecule has 1 N–H and O–H groups in total. The van der Waals surface area contributed by atoms with E-state index in [1.54, 1.807) is 12.1 Å². The van der Waals surface area contributed by atoms with E-state index in [9.17, 15) is 13.6 Å². The first kappa shape index (κ1) is 20.1. The molecule has 1 aliphatic rings. The van der Waals surface area contributed by atoms with Crippen molar-refractivity contribution in [1.82, 2.24) is 9.55 Å². The third kappa shape index (κ3) is 4.22. The summed E-state index contributed by atoms with van der Waals surface area (Å²) in [5, 5.41) is 2.72. The summed E-state index contributed by atoms with van der Waals surface area (Å²) >= 11 is 8.28. The molecule has 152 valence electrons. The lowest BCUT2D eigenvalue weighted by Gasteiger charge is -2.22. The highest BCUT2D eigenvalue weighted by Crippen LogP contribution is 2.32. The summed E-state index contributed by atoms with van der Waals surface area (Å²) in [6.07, 6.45) is 0. The molecule has 1 atom stereocenters. The van der Waals surface area contributed by atoms with Crippen LogP contribution in [0, 0.1) is 0 Å². The number of fused-ring (bicyclic) bond motifs is 3. The van der Waals surface area contributed by atoms with E-state index in [1.807, 2.05) is 6.92 Å². The van der Waals surface area contributed by atoms with Gasteiger partial charge in [-0.3, -0.25) is 4.79 Å². The van der Waals surface area contributed by atoms with E-state index in [0.29, 0.717) is 30.0 Å². The molecule has 0 fully saturated rings. The minimum Gasteiger partial charge on any atom is -0.420 e. The number of nitrogens with one attached hydrogen (secondary N) is 1. The second kappa shape index (κ2) is 7.55. The molecule has 1 aromatic heterocycles. The summed E-state index contributed by atoms with van der Waals surface area (Å²) in [5.74, 6) is 0.329. The van der Waals surface area contributed by atoms with Crippen molar-refractivity contribution in [2.75, 3.05) is 11.9 Å². The quantitative estimate of drug-likeness (QED) is 0.508. The van der Waals surface area contributed by atoms with Crippen molar-refractivity contribution in [3.63, 3.8) is 0 Å². The molecule has 4 rings (SSSR count). The van der Waals surface area contributed by atoms with Crippen LogP contribution >= 0.6 is 27.5 Å². The molecule has 0 aliphatic carbocycles. The van der Waals surface area contributed by atoms with Crippen LogP contribution in [0.5, 0.6) is 5.75 Å². The van der Waals surface area contributed by atoms with Crippen LogP contribution in [-0.2, 0) is 11.3 Å². The predicted octanol–water partition coefficient (Wildman–Crippen LogP) is 5.31. The maximum atomic E-state index is 12.7. The Labute approximate surface area is 177 Å². The molecule has 0 unspecified atom stereocenters. The molecule has 0 saturated heterocycles. The zero-order valence-electron chi connectivity index (χ0n) is 15.1. The van der Waals surface area contributed by atoms with Crippen molar-refractivity contribution in [2.45, 2.75) is 25.1 Å². The first-order chi connectivity index (χ1) is 13.7. The van der Waals surface area contributed by atoms with E-state index in [0.717, 1.165) is 15.8 Å². The first-order valence-corrected chi connectivity index (χ1v) is 9.83. The van der Waals surface area contributed by atoms with Crippen molar-refractivity contribution in [1.29, 1.82) is 0 Å². The van der Waals surface area contributed by atoms with Gasteiger partial charge in [0.05, 0.1) is 23.7 Å². The fraction of sp³-hybridized carbons (Fsp3) is 0.263. The van der Waals surface area contributed by atoms with Crippen LogP contribution in [0.2, 0.25) is 0 Å². The van der Waals surface area contributed by atoms with Gasteiger partial charge in [-0.2, -0.15) is 0 Å². The van der Waals surface area contributed by atoms with Crippen LogP contribution in [0.3, 0.4) is 0 Å². The zero-order chi connectivity index (χ0) is 20.8. The Bertz CT molecular complexity index is 1080. The van der Waals surface area contributed by atoms with Gasteiger partial charge in [0, 0.05) is 27.3 Å². The summed E-state index contributed by atoms with van der Waals surface area (Å²) in [7, 11) is 0. The van der Waals surface area contributed by atoms with E-state index in [-0.39, 0.29) is 17.7 Å². The Balaban J connectivity index is 1.58. The predicted molar refractivity (Wildman–Crippen MR) is 108 cm³/mol. The number of nitrogens with zero attached hydrogens (tertiary/aromatic N) is 2. The van der Waals surface area contributed by atoms with Crippen LogP contribution in [0.1, 0.15) is 29.1 Å². The van der Waals surface area contributed by atoms with E-state index in [2.05, 4.69) is 35.5 Å². The molecule has 1 aliphatic heterocycles. The Morgan fingerprint density at radius 2 is 2.10 bits per heavy atom. The lowest BCUT2D eigenvalue weighted by molar-refractivity contribution is -0.0964. The Kier molecular flexibility index (Phi) is 5.22. The lowest BCUT2D eigenvalue weighted by atomic mass is 10.1. The molecule has 2 heterocycles. The van der Waals surface area contributed by atoms with Crippen molar-refractivity contribution >= 4 is 50.2 Å². The number of carbonyl (C=O) groups excluding carboxylic acids is 1. The summed E-state index contributed by atoms with van der Waals surface area (Å²) in [5.41, 5.74) is -1.37. The van der Waals surface area contributed by atoms with Gasteiger partial charge < -0.3 is 19.4 Å². The van der Waals surface area contributed by atoms with Gasteiger partial charge in [0.15, 0.2) is 0 Å². The van der Waals surface area contributed by atoms with Gasteiger partial charge in [0.1, 0.15) is 18.2 Å². The third-order valence-electron chi connectivity index (χ3n) is 4.45. The number of aromatic nitrogens is 2. The highest BCUT2D eigenvalue weighted by atomic mass is 79.9. The van der Waals surface area contributed by atoms with E-state index in [1.165, 1.54) is 24.3 Å². The number of imidazole rings is 1. The number of benzene rings is 2. The monoisotopic (exact) mass is 485 g/mol. The van der Waals surface area contributed by atoms with Crippen LogP contribution in [-0.4, -0.2) is 27.6 Å². The minimum absolute atomic E-state index is 0.118. The zero-order valence-corrected chi connectivity index (χ0v) is 17.4. The van der Waals surface area contributed by atoms with Crippen LogP contribution in [0.25, 0.3) is 11.0 Å². The first-order valence-electron chi connectivity index (χ1n) is 8.66. The second-order valence-corrected chi connectivity index (χ2v) is 7.91. The normalized spacial score (nSPS) is 16.5. The number of hydrogen-bond donors (Lipinski definition) is 1. The summed E-state index contributed by atoms with van der Waals surface area (Å²) in [6, 6.07) is 9.03. The average molecular weight is 487 g/mol. The standard InChI is InChI=1S/C19H15BrClF2N3O3/c1-10-8-28-9-16-25-15-7-11(6-14(20)17(15)26(10)16)18(27)24-12-2-4-13(5-3-12)29-19(21,22)23/h2-7,10H,8-9H2,1H3,(H,24,27)/t10-/m1/s1. The number of anilines is 1. The lowest BCUT2D eigenvalue weighted by Crippen LogP contribution is -2.21. The molecule has 0 saturated carbocycles. The molecule has 0 spiro atoms. The fourth-order valence-electron chi connectivity index (χ4n) is 3.28. The third-order valence-corrected chi connectivity index (χ3v) is 5.13. The number of ether oxygens (including phenoxy) is 2. The van der Waals surface area contributed by atoms with Gasteiger partial charge in [-0.1, -0.05) is 0 Å². The topological polar surface area (TPSA) is 65.4 Å². The Morgan fingerprint density at radius 1 is 1.38 bits per heavy atom. The van der Waals surface area contributed by atoms with Gasteiger partial charge in [0.25, 0.3) is 5.91 Å². The van der Waals surface area contributed by atoms with E-state index >= 15 is 0 Å². The number of rotatable bonds is 4. The van der Waals surface area contributed by atoms with Gasteiger partial charge in [0.2, 0.25) is 0 Å². The average Bonchev–Trinajstić information content (AvgIpc) is 3.02. The maximum Gasteiger partial charge on any atom is 0.487 e. The molecule has 29 heavy (non-hydrogen) atoms. The molecule has 2 aromatic carbocycles. The van der Waals surface area contributed by atoms with Crippen molar-refractivity contribution in [3.8, 4) is 5.75 Å². The number of amides is 1. The number of carbonyl (C=O) groups is 1. The van der Waals surface area contributed by atoms with Crippen molar-refractivity contribution in [3.05, 3.63) is 52.3 Å². The van der Waals surface area contributed by atoms with Gasteiger partial charge in [-0.25, -0.2) is 4.98 Å². The summed E-state index contributed by atoms with van der Waals surface area (Å²) < 4.78 is 38.0. The second-order valence-electron chi connectivity index (χ2n) is 6.61. The van der Waals surface area contributed by atoms with Crippen LogP contribution in [0.15, 0.2) is 40.9 Å². The molecule has 1 amide bonds. The largest absolute Gasteiger partial charge is 0.487 e. The number of alkyl halides is 3. The maximum absolute atomic E-state index is 12.7. The highest BCUT2D eigenvalue weighted by Gasteiger charge is 2.27. The van der Waals surface area contributed by atoms with Gasteiger partial charge in [-0.15, -0.1) is 8.78 Å². The molecular formula is C19H15BrClF2N3O3. The van der Waals surface area contributed by atoms with E-state index < -0.39 is 5.57 Å². The Morgan fingerprint density at radius 3 is 2.79 bits per heavy atom. The van der Waals surface area contributed by atoms with Crippen molar-refractivity contribution in [2.24, 2.45) is 0 Å². The smallest absolute Gasteiger partial charge is 0.420 e. The van der Waals surface area contributed by atoms with Crippen LogP contribution < -0.4 is 10.1 Å². The molecule has 6 nitrogen and oxygen atoms in total. The minimum atomic E-state index is -3.79. The SMILES string of the molecule is C[C@@H]1COCc2nc3cc(C(=O)Nc4ccc(OC(F)(F)Cl)cc4)cc(Br)c3n21.